The van der Waals surface area contributed by atoms with E-state index in [1.165, 1.54) is 7.11 Å². The zero-order valence-electron chi connectivity index (χ0n) is 15.3. The molecule has 1 aromatic carbocycles. The topological polar surface area (TPSA) is 54.0 Å². The highest BCUT2D eigenvalue weighted by molar-refractivity contribution is 6.32. The number of likely N-dealkylation sites (N-methyl/N-ethyl adjacent to an activating group) is 1. The normalized spacial score (nSPS) is 15.8. The second-order valence-electron chi connectivity index (χ2n) is 6.18. The summed E-state index contributed by atoms with van der Waals surface area (Å²) >= 11 is 6.22. The molecule has 2 rings (SSSR count). The van der Waals surface area contributed by atoms with E-state index in [9.17, 15) is 4.79 Å². The molecule has 0 spiro atoms. The first-order chi connectivity index (χ1) is 12.0. The van der Waals surface area contributed by atoms with Gasteiger partial charge < -0.3 is 24.6 Å². The minimum atomic E-state index is -0.151. The number of hydrogen-bond acceptors (Lipinski definition) is 5. The summed E-state index contributed by atoms with van der Waals surface area (Å²) < 4.78 is 10.8. The fourth-order valence-corrected chi connectivity index (χ4v) is 3.08. The number of nitrogens with one attached hydrogen (secondary N) is 1. The van der Waals surface area contributed by atoms with Gasteiger partial charge in [0.1, 0.15) is 0 Å². The molecule has 0 bridgehead atoms. The van der Waals surface area contributed by atoms with Gasteiger partial charge in [0.2, 0.25) is 0 Å². The molecule has 140 valence electrons. The number of amides is 1. The highest BCUT2D eigenvalue weighted by Crippen LogP contribution is 2.36. The molecule has 0 atom stereocenters. The van der Waals surface area contributed by atoms with Crippen molar-refractivity contribution in [3.8, 4) is 11.5 Å². The number of carbonyl (C=O) groups excluding carboxylic acids is 1. The van der Waals surface area contributed by atoms with Crippen molar-refractivity contribution >= 4 is 17.5 Å². The predicted octanol–water partition coefficient (Wildman–Crippen LogP) is 2.11. The summed E-state index contributed by atoms with van der Waals surface area (Å²) in [5.41, 5.74) is 0.477. The maximum Gasteiger partial charge on any atom is 0.251 e. The lowest BCUT2D eigenvalue weighted by atomic mass is 10.2. The van der Waals surface area contributed by atoms with Crippen molar-refractivity contribution in [2.24, 2.45) is 0 Å². The van der Waals surface area contributed by atoms with E-state index < -0.39 is 0 Å². The van der Waals surface area contributed by atoms with Crippen LogP contribution in [0.4, 0.5) is 0 Å². The molecule has 1 aliphatic rings. The molecule has 0 unspecified atom stereocenters. The van der Waals surface area contributed by atoms with Crippen LogP contribution in [0, 0.1) is 0 Å². The Kier molecular flexibility index (Phi) is 7.81. The second-order valence-corrected chi connectivity index (χ2v) is 6.58. The zero-order chi connectivity index (χ0) is 18.2. The van der Waals surface area contributed by atoms with Crippen LogP contribution < -0.4 is 14.8 Å². The molecule has 0 saturated carbocycles. The van der Waals surface area contributed by atoms with E-state index in [4.69, 9.17) is 21.1 Å². The number of carbonyl (C=O) groups is 1. The van der Waals surface area contributed by atoms with Crippen LogP contribution in [0.2, 0.25) is 5.02 Å². The van der Waals surface area contributed by atoms with Crippen LogP contribution in [0.25, 0.3) is 0 Å². The lowest BCUT2D eigenvalue weighted by Gasteiger charge is -2.32. The first kappa shape index (κ1) is 19.8. The van der Waals surface area contributed by atoms with Crippen LogP contribution in [0.3, 0.4) is 0 Å². The minimum absolute atomic E-state index is 0.151. The lowest BCUT2D eigenvalue weighted by Crippen LogP contribution is -2.45. The van der Waals surface area contributed by atoms with Gasteiger partial charge in [-0.25, -0.2) is 0 Å². The maximum absolute atomic E-state index is 12.3. The SMILES string of the molecule is CCOc1c(Cl)cc(C(=O)NCCCN2CCN(C)CC2)cc1OC. The average Bonchev–Trinajstić information content (AvgIpc) is 2.61. The summed E-state index contributed by atoms with van der Waals surface area (Å²) in [6, 6.07) is 3.28. The summed E-state index contributed by atoms with van der Waals surface area (Å²) in [6.45, 7) is 8.39. The third-order valence-electron chi connectivity index (χ3n) is 4.31. The molecule has 25 heavy (non-hydrogen) atoms. The molecule has 1 N–H and O–H groups in total. The van der Waals surface area contributed by atoms with Crippen LogP contribution in [-0.2, 0) is 0 Å². The van der Waals surface area contributed by atoms with Crippen molar-refractivity contribution < 1.29 is 14.3 Å². The van der Waals surface area contributed by atoms with Gasteiger partial charge >= 0.3 is 0 Å². The van der Waals surface area contributed by atoms with Crippen molar-refractivity contribution in [1.82, 2.24) is 15.1 Å². The van der Waals surface area contributed by atoms with Gasteiger partial charge in [0, 0.05) is 38.3 Å². The number of methoxy groups -OCH3 is 1. The molecule has 1 saturated heterocycles. The molecule has 1 fully saturated rings. The summed E-state index contributed by atoms with van der Waals surface area (Å²) in [6.07, 6.45) is 0.928. The number of hydrogen-bond donors (Lipinski definition) is 1. The third-order valence-corrected chi connectivity index (χ3v) is 4.59. The molecule has 7 heteroatoms. The fourth-order valence-electron chi connectivity index (χ4n) is 2.81. The van der Waals surface area contributed by atoms with Gasteiger partial charge in [0.25, 0.3) is 5.91 Å². The fraction of sp³-hybridized carbons (Fsp3) is 0.611. The molecule has 0 radical (unpaired) electrons. The monoisotopic (exact) mass is 369 g/mol. The molecule has 1 aliphatic heterocycles. The Morgan fingerprint density at radius 3 is 2.64 bits per heavy atom. The van der Waals surface area contributed by atoms with Crippen molar-refractivity contribution in [2.75, 3.05) is 60.0 Å². The van der Waals surface area contributed by atoms with E-state index in [1.807, 2.05) is 6.92 Å². The van der Waals surface area contributed by atoms with Gasteiger partial charge in [-0.3, -0.25) is 4.79 Å². The van der Waals surface area contributed by atoms with E-state index in [0.29, 0.717) is 35.2 Å². The summed E-state index contributed by atoms with van der Waals surface area (Å²) in [4.78, 5) is 17.1. The van der Waals surface area contributed by atoms with Crippen LogP contribution >= 0.6 is 11.6 Å². The summed E-state index contributed by atoms with van der Waals surface area (Å²) in [5.74, 6) is 0.789. The Bertz CT molecular complexity index is 575. The van der Waals surface area contributed by atoms with Crippen LogP contribution in [0.15, 0.2) is 12.1 Å². The van der Waals surface area contributed by atoms with E-state index in [-0.39, 0.29) is 5.91 Å². The third kappa shape index (κ3) is 5.76. The van der Waals surface area contributed by atoms with Crippen LogP contribution in [0.1, 0.15) is 23.7 Å². The zero-order valence-corrected chi connectivity index (χ0v) is 16.1. The maximum atomic E-state index is 12.3. The Labute approximate surface area is 155 Å². The van der Waals surface area contributed by atoms with Crippen LogP contribution in [0.5, 0.6) is 11.5 Å². The molecular formula is C18H28ClN3O3. The highest BCUT2D eigenvalue weighted by atomic mass is 35.5. The van der Waals surface area contributed by atoms with Gasteiger partial charge in [-0.05, 0) is 39.1 Å². The number of piperazine rings is 1. The smallest absolute Gasteiger partial charge is 0.251 e. The molecule has 1 heterocycles. The lowest BCUT2D eigenvalue weighted by molar-refractivity contribution is 0.0949. The number of ether oxygens (including phenoxy) is 2. The number of halogens is 1. The average molecular weight is 370 g/mol. The first-order valence-electron chi connectivity index (χ1n) is 8.74. The van der Waals surface area contributed by atoms with E-state index in [0.717, 1.165) is 39.1 Å². The van der Waals surface area contributed by atoms with Crippen molar-refractivity contribution in [2.45, 2.75) is 13.3 Å². The molecule has 6 nitrogen and oxygen atoms in total. The van der Waals surface area contributed by atoms with Gasteiger partial charge in [0.15, 0.2) is 11.5 Å². The Balaban J connectivity index is 1.83. The molecule has 0 aliphatic carbocycles. The molecule has 0 aromatic heterocycles. The van der Waals surface area contributed by atoms with Crippen molar-refractivity contribution in [1.29, 1.82) is 0 Å². The number of benzene rings is 1. The van der Waals surface area contributed by atoms with Gasteiger partial charge in [0.05, 0.1) is 18.7 Å². The predicted molar refractivity (Wildman–Crippen MR) is 100 cm³/mol. The standard InChI is InChI=1S/C18H28ClN3O3/c1-4-25-17-15(19)12-14(13-16(17)24-3)18(23)20-6-5-7-22-10-8-21(2)9-11-22/h12-13H,4-11H2,1-3H3,(H,20,23). The van der Waals surface area contributed by atoms with Gasteiger partial charge in [-0.15, -0.1) is 0 Å². The largest absolute Gasteiger partial charge is 0.493 e. The number of rotatable bonds is 8. The number of nitrogens with zero attached hydrogens (tertiary/aromatic N) is 2. The van der Waals surface area contributed by atoms with E-state index in [2.05, 4.69) is 22.2 Å². The molecule has 1 aromatic rings. The van der Waals surface area contributed by atoms with E-state index in [1.54, 1.807) is 12.1 Å². The highest BCUT2D eigenvalue weighted by Gasteiger charge is 2.16. The summed E-state index contributed by atoms with van der Waals surface area (Å²) in [7, 11) is 3.68. The van der Waals surface area contributed by atoms with Crippen LogP contribution in [-0.4, -0.2) is 75.7 Å². The molecular weight excluding hydrogens is 342 g/mol. The Morgan fingerprint density at radius 1 is 1.28 bits per heavy atom. The van der Waals surface area contributed by atoms with Gasteiger partial charge in [-0.2, -0.15) is 0 Å². The second kappa shape index (κ2) is 9.85. The van der Waals surface area contributed by atoms with Crippen molar-refractivity contribution in [3.63, 3.8) is 0 Å². The van der Waals surface area contributed by atoms with Crippen molar-refractivity contribution in [3.05, 3.63) is 22.7 Å². The van der Waals surface area contributed by atoms with Gasteiger partial charge in [-0.1, -0.05) is 11.6 Å². The minimum Gasteiger partial charge on any atom is -0.493 e. The Morgan fingerprint density at radius 2 is 2.00 bits per heavy atom. The molecule has 1 amide bonds. The van der Waals surface area contributed by atoms with E-state index >= 15 is 0 Å². The first-order valence-corrected chi connectivity index (χ1v) is 9.12. The Hall–Kier alpha value is -1.50. The summed E-state index contributed by atoms with van der Waals surface area (Å²) in [5, 5.41) is 3.32. The quantitative estimate of drug-likeness (QED) is 0.711.